The molecule has 0 saturated heterocycles. The van der Waals surface area contributed by atoms with Crippen LogP contribution >= 0.6 is 0 Å². The number of nitrogens with zero attached hydrogens (tertiary/aromatic N) is 4. The van der Waals surface area contributed by atoms with Crippen LogP contribution in [-0.2, 0) is 13.6 Å². The summed E-state index contributed by atoms with van der Waals surface area (Å²) in [6.07, 6.45) is 0. The number of hydrogen-bond donors (Lipinski definition) is 0. The van der Waals surface area contributed by atoms with Crippen LogP contribution in [0, 0.1) is 0 Å². The Kier molecular flexibility index (Phi) is 2.67. The van der Waals surface area contributed by atoms with Crippen LogP contribution in [0.3, 0.4) is 0 Å². The van der Waals surface area contributed by atoms with E-state index in [2.05, 4.69) is 10.3 Å². The first-order chi connectivity index (χ1) is 9.16. The molecule has 0 spiro atoms. The Balaban J connectivity index is 2.07. The van der Waals surface area contributed by atoms with Gasteiger partial charge < -0.3 is 4.57 Å². The van der Waals surface area contributed by atoms with Gasteiger partial charge >= 0.3 is 0 Å². The first-order valence-electron chi connectivity index (χ1n) is 6.10. The zero-order valence-electron chi connectivity index (χ0n) is 10.9. The Morgan fingerprint density at radius 3 is 2.68 bits per heavy atom. The maximum atomic E-state index is 11.5. The Labute approximate surface area is 110 Å². The van der Waals surface area contributed by atoms with Gasteiger partial charge in [-0.15, -0.1) is 5.10 Å². The molecule has 5 nitrogen and oxygen atoms in total. The summed E-state index contributed by atoms with van der Waals surface area (Å²) in [6.45, 7) is 2.20. The number of benzene rings is 1. The quantitative estimate of drug-likeness (QED) is 0.672. The number of carbonyl (C=O) groups is 1. The molecule has 2 aromatic heterocycles. The first kappa shape index (κ1) is 11.6. The predicted octanol–water partition coefficient (Wildman–Crippen LogP) is 2.02. The molecule has 0 atom stereocenters. The standard InChI is InChI=1S/C14H14N4O/c1-10(19)13-8-12-14(17(13)2)18(16-15-12)9-11-6-4-3-5-7-11/h3-8H,9H2,1-2H3. The van der Waals surface area contributed by atoms with Gasteiger partial charge in [0, 0.05) is 14.0 Å². The fraction of sp³-hybridized carbons (Fsp3) is 0.214. The van der Waals surface area contributed by atoms with E-state index < -0.39 is 0 Å². The van der Waals surface area contributed by atoms with Crippen LogP contribution < -0.4 is 0 Å². The van der Waals surface area contributed by atoms with Gasteiger partial charge in [0.1, 0.15) is 5.52 Å². The van der Waals surface area contributed by atoms with Crippen LogP contribution in [-0.4, -0.2) is 25.3 Å². The van der Waals surface area contributed by atoms with Gasteiger partial charge in [0.15, 0.2) is 11.4 Å². The van der Waals surface area contributed by atoms with E-state index in [0.717, 1.165) is 16.7 Å². The summed E-state index contributed by atoms with van der Waals surface area (Å²) in [5, 5.41) is 8.27. The summed E-state index contributed by atoms with van der Waals surface area (Å²) in [4.78, 5) is 11.5. The number of rotatable bonds is 3. The number of fused-ring (bicyclic) bond motifs is 1. The third kappa shape index (κ3) is 1.93. The Morgan fingerprint density at radius 2 is 2.00 bits per heavy atom. The van der Waals surface area contributed by atoms with Crippen LogP contribution in [0.4, 0.5) is 0 Å². The number of aromatic nitrogens is 4. The molecule has 3 rings (SSSR count). The zero-order valence-corrected chi connectivity index (χ0v) is 10.9. The molecule has 0 radical (unpaired) electrons. The molecule has 0 bridgehead atoms. The monoisotopic (exact) mass is 254 g/mol. The minimum absolute atomic E-state index is 0.0340. The van der Waals surface area contributed by atoms with Gasteiger partial charge in [0.2, 0.25) is 0 Å². The zero-order chi connectivity index (χ0) is 13.4. The number of carbonyl (C=O) groups excluding carboxylic acids is 1. The lowest BCUT2D eigenvalue weighted by Crippen LogP contribution is -2.08. The smallest absolute Gasteiger partial charge is 0.176 e. The summed E-state index contributed by atoms with van der Waals surface area (Å²) >= 11 is 0. The molecule has 0 aliphatic carbocycles. The molecular weight excluding hydrogens is 240 g/mol. The molecule has 0 saturated carbocycles. The van der Waals surface area contributed by atoms with Gasteiger partial charge in [-0.05, 0) is 11.6 Å². The molecule has 96 valence electrons. The van der Waals surface area contributed by atoms with Crippen molar-refractivity contribution in [3.8, 4) is 0 Å². The van der Waals surface area contributed by atoms with E-state index in [0.29, 0.717) is 12.2 Å². The fourth-order valence-electron chi connectivity index (χ4n) is 2.30. The van der Waals surface area contributed by atoms with Crippen molar-refractivity contribution in [3.63, 3.8) is 0 Å². The van der Waals surface area contributed by atoms with Crippen molar-refractivity contribution < 1.29 is 4.79 Å². The van der Waals surface area contributed by atoms with Crippen LogP contribution in [0.5, 0.6) is 0 Å². The van der Waals surface area contributed by atoms with Gasteiger partial charge in [-0.2, -0.15) is 0 Å². The van der Waals surface area contributed by atoms with Crippen molar-refractivity contribution in [1.82, 2.24) is 19.6 Å². The van der Waals surface area contributed by atoms with Gasteiger partial charge in [-0.1, -0.05) is 35.5 Å². The fourth-order valence-corrected chi connectivity index (χ4v) is 2.30. The molecule has 5 heteroatoms. The molecule has 3 aromatic rings. The van der Waals surface area contributed by atoms with Gasteiger partial charge in [-0.3, -0.25) is 4.79 Å². The number of aryl methyl sites for hydroxylation is 1. The Morgan fingerprint density at radius 1 is 1.26 bits per heavy atom. The molecule has 19 heavy (non-hydrogen) atoms. The largest absolute Gasteiger partial charge is 0.325 e. The number of ketones is 1. The summed E-state index contributed by atoms with van der Waals surface area (Å²) < 4.78 is 3.66. The predicted molar refractivity (Wildman–Crippen MR) is 72.0 cm³/mol. The average Bonchev–Trinajstić information content (AvgIpc) is 2.93. The highest BCUT2D eigenvalue weighted by Gasteiger charge is 2.15. The van der Waals surface area contributed by atoms with Crippen LogP contribution in [0.1, 0.15) is 23.0 Å². The van der Waals surface area contributed by atoms with Gasteiger partial charge in [0.05, 0.1) is 12.2 Å². The highest BCUT2D eigenvalue weighted by atomic mass is 16.1. The minimum Gasteiger partial charge on any atom is -0.325 e. The number of Topliss-reactive ketones (excluding diaryl/α,β-unsaturated/α-hetero) is 1. The molecule has 0 fully saturated rings. The van der Waals surface area contributed by atoms with E-state index >= 15 is 0 Å². The van der Waals surface area contributed by atoms with E-state index in [1.807, 2.05) is 46.6 Å². The van der Waals surface area contributed by atoms with Crippen LogP contribution in [0.2, 0.25) is 0 Å². The summed E-state index contributed by atoms with van der Waals surface area (Å²) in [6, 6.07) is 11.8. The molecular formula is C14H14N4O. The van der Waals surface area contributed by atoms with Crippen molar-refractivity contribution in [1.29, 1.82) is 0 Å². The lowest BCUT2D eigenvalue weighted by Gasteiger charge is -2.05. The summed E-state index contributed by atoms with van der Waals surface area (Å²) in [5.41, 5.74) is 3.43. The van der Waals surface area contributed by atoms with Crippen LogP contribution in [0.15, 0.2) is 36.4 Å². The molecule has 2 heterocycles. The van der Waals surface area contributed by atoms with E-state index in [1.165, 1.54) is 0 Å². The van der Waals surface area contributed by atoms with E-state index in [9.17, 15) is 4.79 Å². The molecule has 0 unspecified atom stereocenters. The minimum atomic E-state index is 0.0340. The summed E-state index contributed by atoms with van der Waals surface area (Å²) in [7, 11) is 1.86. The summed E-state index contributed by atoms with van der Waals surface area (Å²) in [5.74, 6) is 0.0340. The molecule has 0 N–H and O–H groups in total. The van der Waals surface area contributed by atoms with Gasteiger partial charge in [0.25, 0.3) is 0 Å². The second kappa shape index (κ2) is 4.35. The van der Waals surface area contributed by atoms with E-state index in [-0.39, 0.29) is 5.78 Å². The molecule has 0 aliphatic heterocycles. The van der Waals surface area contributed by atoms with Gasteiger partial charge in [-0.25, -0.2) is 4.68 Å². The first-order valence-corrected chi connectivity index (χ1v) is 6.10. The second-order valence-corrected chi connectivity index (χ2v) is 4.59. The number of hydrogen-bond acceptors (Lipinski definition) is 3. The SMILES string of the molecule is CC(=O)c1cc2nnn(Cc3ccccc3)c2n1C. The van der Waals surface area contributed by atoms with Crippen molar-refractivity contribution in [2.24, 2.45) is 7.05 Å². The lowest BCUT2D eigenvalue weighted by molar-refractivity contribution is 0.101. The van der Waals surface area contributed by atoms with Crippen molar-refractivity contribution in [2.45, 2.75) is 13.5 Å². The normalized spacial score (nSPS) is 11.1. The van der Waals surface area contributed by atoms with E-state index in [4.69, 9.17) is 0 Å². The topological polar surface area (TPSA) is 52.7 Å². The molecule has 0 amide bonds. The maximum absolute atomic E-state index is 11.5. The second-order valence-electron chi connectivity index (χ2n) is 4.59. The highest BCUT2D eigenvalue weighted by Crippen LogP contribution is 2.17. The van der Waals surface area contributed by atoms with Crippen molar-refractivity contribution in [2.75, 3.05) is 0 Å². The van der Waals surface area contributed by atoms with E-state index in [1.54, 1.807) is 13.0 Å². The third-order valence-corrected chi connectivity index (χ3v) is 3.22. The highest BCUT2D eigenvalue weighted by molar-refractivity contribution is 5.96. The van der Waals surface area contributed by atoms with Crippen molar-refractivity contribution in [3.05, 3.63) is 47.7 Å². The Bertz CT molecular complexity index is 739. The van der Waals surface area contributed by atoms with Crippen molar-refractivity contribution >= 4 is 16.9 Å². The maximum Gasteiger partial charge on any atom is 0.176 e. The lowest BCUT2D eigenvalue weighted by atomic mass is 10.2. The third-order valence-electron chi connectivity index (χ3n) is 3.22. The van der Waals surface area contributed by atoms with Crippen LogP contribution in [0.25, 0.3) is 11.2 Å². The molecule has 0 aliphatic rings. The molecule has 1 aromatic carbocycles. The Hall–Kier alpha value is -2.43. The average molecular weight is 254 g/mol.